The Kier molecular flexibility index (Phi) is 4.44. The van der Waals surface area contributed by atoms with Crippen molar-refractivity contribution in [3.63, 3.8) is 0 Å². The van der Waals surface area contributed by atoms with Gasteiger partial charge in [0.25, 0.3) is 5.91 Å². The van der Waals surface area contributed by atoms with Crippen molar-refractivity contribution in [1.82, 2.24) is 4.90 Å². The molecule has 72 valence electrons. The van der Waals surface area contributed by atoms with Crippen LogP contribution in [0, 0.1) is 0 Å². The van der Waals surface area contributed by atoms with E-state index in [-0.39, 0.29) is 12.4 Å². The summed E-state index contributed by atoms with van der Waals surface area (Å²) in [5.74, 6) is -0.488. The van der Waals surface area contributed by atoms with Crippen LogP contribution in [-0.2, 0) is 0 Å². The quantitative estimate of drug-likeness (QED) is 0.788. The number of thiophene rings is 1. The summed E-state index contributed by atoms with van der Waals surface area (Å²) in [6.07, 6.45) is -1.24. The van der Waals surface area contributed by atoms with E-state index in [1.165, 1.54) is 18.4 Å². The van der Waals surface area contributed by atoms with E-state index in [1.54, 1.807) is 17.5 Å². The Balaban J connectivity index is 0.00000144. The van der Waals surface area contributed by atoms with Gasteiger partial charge in [-0.3, -0.25) is 4.79 Å². The second-order valence-corrected chi connectivity index (χ2v) is 3.07. The van der Waals surface area contributed by atoms with Crippen LogP contribution in [0.25, 0.3) is 0 Å². The van der Waals surface area contributed by atoms with Crippen LogP contribution in [0.2, 0.25) is 0 Å². The zero-order valence-corrected chi connectivity index (χ0v) is 8.39. The van der Waals surface area contributed by atoms with Gasteiger partial charge in [0.2, 0.25) is 0 Å². The highest BCUT2D eigenvalue weighted by Gasteiger charge is 2.17. The maximum absolute atomic E-state index is 11.2. The lowest BCUT2D eigenvalue weighted by Gasteiger charge is -2.08. The minimum atomic E-state index is -1.24. The van der Waals surface area contributed by atoms with Crippen molar-refractivity contribution in [2.45, 2.75) is 0 Å². The summed E-state index contributed by atoms with van der Waals surface area (Å²) < 4.78 is 0. The maximum atomic E-state index is 11.2. The lowest BCUT2D eigenvalue weighted by atomic mass is 10.4. The second-order valence-electron chi connectivity index (χ2n) is 2.12. The van der Waals surface area contributed by atoms with Gasteiger partial charge >= 0.3 is 6.09 Å². The SMILES string of the molecule is CN(C(=O)O)C(=O)c1cccs1.Cl. The van der Waals surface area contributed by atoms with E-state index in [0.29, 0.717) is 9.78 Å². The molecule has 1 aromatic rings. The number of rotatable bonds is 1. The van der Waals surface area contributed by atoms with E-state index < -0.39 is 12.0 Å². The van der Waals surface area contributed by atoms with Gasteiger partial charge in [-0.25, -0.2) is 9.69 Å². The molecule has 0 aliphatic heterocycles. The van der Waals surface area contributed by atoms with Crippen LogP contribution in [-0.4, -0.2) is 29.1 Å². The minimum Gasteiger partial charge on any atom is -0.465 e. The lowest BCUT2D eigenvalue weighted by Crippen LogP contribution is -2.30. The van der Waals surface area contributed by atoms with Crippen LogP contribution in [0.1, 0.15) is 9.67 Å². The van der Waals surface area contributed by atoms with Crippen molar-refractivity contribution in [2.24, 2.45) is 0 Å². The molecule has 0 saturated heterocycles. The molecular formula is C7H8ClNO3S. The van der Waals surface area contributed by atoms with Gasteiger partial charge in [0.05, 0.1) is 4.88 Å². The fourth-order valence-corrected chi connectivity index (χ4v) is 1.35. The first kappa shape index (κ1) is 11.9. The summed E-state index contributed by atoms with van der Waals surface area (Å²) in [6, 6.07) is 3.29. The third-order valence-corrected chi connectivity index (χ3v) is 2.18. The molecule has 4 nitrogen and oxygen atoms in total. The second kappa shape index (κ2) is 4.84. The largest absolute Gasteiger partial charge is 0.465 e. The van der Waals surface area contributed by atoms with Gasteiger partial charge in [0.1, 0.15) is 0 Å². The molecule has 1 N–H and O–H groups in total. The number of halogens is 1. The summed E-state index contributed by atoms with van der Waals surface area (Å²) in [5.41, 5.74) is 0. The normalized spacial score (nSPS) is 8.69. The van der Waals surface area contributed by atoms with E-state index >= 15 is 0 Å². The maximum Gasteiger partial charge on any atom is 0.414 e. The molecule has 0 fully saturated rings. The molecule has 0 aliphatic rings. The van der Waals surface area contributed by atoms with Crippen LogP contribution in [0.3, 0.4) is 0 Å². The van der Waals surface area contributed by atoms with Gasteiger partial charge < -0.3 is 5.11 Å². The van der Waals surface area contributed by atoms with Crippen LogP contribution >= 0.6 is 23.7 Å². The molecule has 0 bridgehead atoms. The molecule has 0 saturated carbocycles. The molecule has 0 radical (unpaired) electrons. The van der Waals surface area contributed by atoms with Gasteiger partial charge in [0.15, 0.2) is 0 Å². The average Bonchev–Trinajstić information content (AvgIpc) is 2.53. The Hall–Kier alpha value is -1.07. The Morgan fingerprint density at radius 3 is 2.54 bits per heavy atom. The predicted octanol–water partition coefficient (Wildman–Crippen LogP) is 1.92. The molecule has 1 aromatic heterocycles. The molecule has 13 heavy (non-hydrogen) atoms. The Morgan fingerprint density at radius 1 is 1.54 bits per heavy atom. The molecule has 0 spiro atoms. The first-order chi connectivity index (χ1) is 5.63. The number of hydrogen-bond donors (Lipinski definition) is 1. The monoisotopic (exact) mass is 221 g/mol. The first-order valence-corrected chi connectivity index (χ1v) is 4.05. The fourth-order valence-electron chi connectivity index (χ4n) is 0.652. The number of carboxylic acid groups (broad SMARTS) is 1. The third-order valence-electron chi connectivity index (χ3n) is 1.32. The van der Waals surface area contributed by atoms with Crippen molar-refractivity contribution in [3.8, 4) is 0 Å². The number of nitrogens with zero attached hydrogens (tertiary/aromatic N) is 1. The molecule has 0 aromatic carbocycles. The van der Waals surface area contributed by atoms with Crippen LogP contribution in [0.5, 0.6) is 0 Å². The number of imide groups is 1. The van der Waals surface area contributed by atoms with E-state index in [2.05, 4.69) is 0 Å². The smallest absolute Gasteiger partial charge is 0.414 e. The van der Waals surface area contributed by atoms with E-state index in [0.717, 1.165) is 0 Å². The Bertz CT molecular complexity index is 299. The van der Waals surface area contributed by atoms with E-state index in [1.807, 2.05) is 0 Å². The predicted molar refractivity (Wildman–Crippen MR) is 51.7 cm³/mol. The summed E-state index contributed by atoms with van der Waals surface area (Å²) in [7, 11) is 1.23. The third kappa shape index (κ3) is 2.71. The van der Waals surface area contributed by atoms with Gasteiger partial charge in [-0.1, -0.05) is 6.07 Å². The molecule has 2 amide bonds. The molecule has 6 heteroatoms. The van der Waals surface area contributed by atoms with Crippen molar-refractivity contribution in [1.29, 1.82) is 0 Å². The number of hydrogen-bond acceptors (Lipinski definition) is 3. The molecule has 0 unspecified atom stereocenters. The fraction of sp³-hybridized carbons (Fsp3) is 0.143. The average molecular weight is 222 g/mol. The Labute approximate surface area is 85.2 Å². The standard InChI is InChI=1S/C7H7NO3S.ClH/c1-8(7(10)11)6(9)5-3-2-4-12-5;/h2-4H,1H3,(H,10,11);1H. The van der Waals surface area contributed by atoms with Gasteiger partial charge in [-0.2, -0.15) is 0 Å². The summed E-state index contributed by atoms with van der Waals surface area (Å²) >= 11 is 1.22. The number of carbonyl (C=O) groups is 2. The summed E-state index contributed by atoms with van der Waals surface area (Å²) in [5, 5.41) is 10.2. The molecule has 0 aliphatic carbocycles. The van der Waals surface area contributed by atoms with E-state index in [9.17, 15) is 9.59 Å². The molecular weight excluding hydrogens is 214 g/mol. The molecule has 1 heterocycles. The minimum absolute atomic E-state index is 0. The van der Waals surface area contributed by atoms with Crippen molar-refractivity contribution >= 4 is 35.7 Å². The van der Waals surface area contributed by atoms with Gasteiger partial charge in [-0.05, 0) is 11.4 Å². The summed E-state index contributed by atoms with van der Waals surface area (Å²) in [4.78, 5) is 22.6. The number of carbonyl (C=O) groups excluding carboxylic acids is 1. The zero-order valence-electron chi connectivity index (χ0n) is 6.76. The summed E-state index contributed by atoms with van der Waals surface area (Å²) in [6.45, 7) is 0. The van der Waals surface area contributed by atoms with Gasteiger partial charge in [0, 0.05) is 7.05 Å². The van der Waals surface area contributed by atoms with Crippen molar-refractivity contribution in [2.75, 3.05) is 7.05 Å². The lowest BCUT2D eigenvalue weighted by molar-refractivity contribution is 0.0786. The Morgan fingerprint density at radius 2 is 2.15 bits per heavy atom. The zero-order chi connectivity index (χ0) is 9.14. The highest BCUT2D eigenvalue weighted by atomic mass is 35.5. The molecule has 1 rings (SSSR count). The van der Waals surface area contributed by atoms with Crippen molar-refractivity contribution in [3.05, 3.63) is 22.4 Å². The van der Waals surface area contributed by atoms with Crippen LogP contribution in [0.4, 0.5) is 4.79 Å². The molecule has 0 atom stereocenters. The first-order valence-electron chi connectivity index (χ1n) is 3.17. The highest BCUT2D eigenvalue weighted by Crippen LogP contribution is 2.10. The van der Waals surface area contributed by atoms with Crippen LogP contribution in [0.15, 0.2) is 17.5 Å². The highest BCUT2D eigenvalue weighted by molar-refractivity contribution is 7.12. The van der Waals surface area contributed by atoms with Crippen LogP contribution < -0.4 is 0 Å². The van der Waals surface area contributed by atoms with E-state index in [4.69, 9.17) is 5.11 Å². The van der Waals surface area contributed by atoms with Gasteiger partial charge in [-0.15, -0.1) is 23.7 Å². The topological polar surface area (TPSA) is 57.6 Å². The number of amides is 2. The van der Waals surface area contributed by atoms with Crippen molar-refractivity contribution < 1.29 is 14.7 Å².